The first-order chi connectivity index (χ1) is 17.0. The van der Waals surface area contributed by atoms with E-state index in [0.29, 0.717) is 19.4 Å². The smallest absolute Gasteiger partial charge is 0.410 e. The second-order valence-corrected chi connectivity index (χ2v) is 10.8. The van der Waals surface area contributed by atoms with Gasteiger partial charge in [0.15, 0.2) is 0 Å². The molecule has 36 heavy (non-hydrogen) atoms. The van der Waals surface area contributed by atoms with Crippen molar-refractivity contribution < 1.29 is 29.0 Å². The number of carbonyl (C=O) groups is 3. The molecule has 1 heterocycles. The average Bonchev–Trinajstić information content (AvgIpc) is 3.40. The third-order valence-electron chi connectivity index (χ3n) is 6.87. The number of carboxylic acid groups (broad SMARTS) is 1. The van der Waals surface area contributed by atoms with Crippen molar-refractivity contribution in [2.75, 3.05) is 13.2 Å². The van der Waals surface area contributed by atoms with E-state index in [1.54, 1.807) is 27.7 Å². The molecule has 2 aromatic rings. The summed E-state index contributed by atoms with van der Waals surface area (Å²) < 4.78 is 11.2. The highest BCUT2D eigenvalue weighted by Crippen LogP contribution is 2.44. The SMILES string of the molecule is CC(C)(C)OC(=O)N1CCCC1C(C)(CC(=O)O)NC(=O)OCC1c2ccccc2-c2ccccc21. The maximum Gasteiger partial charge on any atom is 0.410 e. The lowest BCUT2D eigenvalue weighted by atomic mass is 9.87. The standard InChI is InChI=1S/C28H34N2O6/c1-27(2,3)36-26(34)30-15-9-14-23(30)28(4,16-24(31)32)29-25(33)35-17-22-20-12-7-5-10-18(20)19-11-6-8-13-21(19)22/h5-8,10-13,22-23H,9,14-17H2,1-4H3,(H,29,33)(H,31,32). The Hall–Kier alpha value is -3.55. The van der Waals surface area contributed by atoms with Gasteiger partial charge in [0.05, 0.1) is 18.0 Å². The van der Waals surface area contributed by atoms with Gasteiger partial charge >= 0.3 is 18.2 Å². The molecule has 0 spiro atoms. The molecule has 0 aromatic heterocycles. The van der Waals surface area contributed by atoms with Crippen molar-refractivity contribution in [1.29, 1.82) is 0 Å². The first kappa shape index (κ1) is 25.5. The summed E-state index contributed by atoms with van der Waals surface area (Å²) in [6.07, 6.45) is -0.355. The van der Waals surface area contributed by atoms with E-state index in [1.807, 2.05) is 36.4 Å². The number of nitrogens with zero attached hydrogens (tertiary/aromatic N) is 1. The molecular formula is C28H34N2O6. The third-order valence-corrected chi connectivity index (χ3v) is 6.87. The topological polar surface area (TPSA) is 105 Å². The highest BCUT2D eigenvalue weighted by molar-refractivity contribution is 5.79. The maximum absolute atomic E-state index is 13.0. The molecular weight excluding hydrogens is 460 g/mol. The summed E-state index contributed by atoms with van der Waals surface area (Å²) in [4.78, 5) is 39.2. The van der Waals surface area contributed by atoms with Crippen LogP contribution in [0.4, 0.5) is 9.59 Å². The molecule has 1 aliphatic carbocycles. The van der Waals surface area contributed by atoms with E-state index >= 15 is 0 Å². The zero-order valence-electron chi connectivity index (χ0n) is 21.2. The zero-order chi connectivity index (χ0) is 26.1. The van der Waals surface area contributed by atoms with E-state index < -0.39 is 35.3 Å². The number of alkyl carbamates (subject to hydrolysis) is 1. The summed E-state index contributed by atoms with van der Waals surface area (Å²) in [5.41, 5.74) is 2.50. The van der Waals surface area contributed by atoms with Gasteiger partial charge in [-0.3, -0.25) is 4.79 Å². The van der Waals surface area contributed by atoms with E-state index in [1.165, 1.54) is 4.90 Å². The molecule has 2 aromatic carbocycles. The average molecular weight is 495 g/mol. The normalized spacial score (nSPS) is 18.7. The Balaban J connectivity index is 1.49. The molecule has 2 aliphatic rings. The van der Waals surface area contributed by atoms with Gasteiger partial charge in [-0.1, -0.05) is 48.5 Å². The fraction of sp³-hybridized carbons (Fsp3) is 0.464. The van der Waals surface area contributed by atoms with Crippen molar-refractivity contribution in [3.63, 3.8) is 0 Å². The Morgan fingerprint density at radius 2 is 1.58 bits per heavy atom. The van der Waals surface area contributed by atoms with Crippen LogP contribution in [-0.2, 0) is 14.3 Å². The molecule has 1 aliphatic heterocycles. The first-order valence-corrected chi connectivity index (χ1v) is 12.3. The Labute approximate surface area is 211 Å². The number of hydrogen-bond acceptors (Lipinski definition) is 5. The molecule has 1 fully saturated rings. The number of benzene rings is 2. The maximum atomic E-state index is 13.0. The second-order valence-electron chi connectivity index (χ2n) is 10.8. The molecule has 2 unspecified atom stereocenters. The van der Waals surface area contributed by atoms with Crippen molar-refractivity contribution >= 4 is 18.2 Å². The summed E-state index contributed by atoms with van der Waals surface area (Å²) in [5.74, 6) is -1.19. The summed E-state index contributed by atoms with van der Waals surface area (Å²) in [6.45, 7) is 7.53. The van der Waals surface area contributed by atoms with Gasteiger partial charge in [-0.05, 0) is 62.8 Å². The van der Waals surface area contributed by atoms with Gasteiger partial charge in [0, 0.05) is 12.5 Å². The first-order valence-electron chi connectivity index (χ1n) is 12.3. The number of carboxylic acids is 1. The lowest BCUT2D eigenvalue weighted by Gasteiger charge is -2.40. The third kappa shape index (κ3) is 5.32. The van der Waals surface area contributed by atoms with Crippen LogP contribution < -0.4 is 5.32 Å². The lowest BCUT2D eigenvalue weighted by Crippen LogP contribution is -2.61. The van der Waals surface area contributed by atoms with Crippen LogP contribution in [0.3, 0.4) is 0 Å². The predicted molar refractivity (Wildman–Crippen MR) is 135 cm³/mol. The number of amides is 2. The molecule has 0 bridgehead atoms. The van der Waals surface area contributed by atoms with Crippen LogP contribution in [0.2, 0.25) is 0 Å². The largest absolute Gasteiger partial charge is 0.481 e. The van der Waals surface area contributed by atoms with Crippen molar-refractivity contribution in [3.8, 4) is 11.1 Å². The van der Waals surface area contributed by atoms with Gasteiger partial charge in [0.2, 0.25) is 0 Å². The summed E-state index contributed by atoms with van der Waals surface area (Å²) >= 11 is 0. The minimum Gasteiger partial charge on any atom is -0.481 e. The van der Waals surface area contributed by atoms with Crippen LogP contribution >= 0.6 is 0 Å². The molecule has 0 saturated carbocycles. The molecule has 4 rings (SSSR count). The minimum absolute atomic E-state index is 0.112. The number of ether oxygens (including phenoxy) is 2. The number of carbonyl (C=O) groups excluding carboxylic acids is 2. The quantitative estimate of drug-likeness (QED) is 0.575. The van der Waals surface area contributed by atoms with Crippen LogP contribution in [-0.4, -0.2) is 58.5 Å². The number of rotatable bonds is 6. The van der Waals surface area contributed by atoms with Gasteiger partial charge in [-0.15, -0.1) is 0 Å². The number of aliphatic carboxylic acids is 1. The minimum atomic E-state index is -1.23. The lowest BCUT2D eigenvalue weighted by molar-refractivity contribution is -0.139. The molecule has 8 heteroatoms. The highest BCUT2D eigenvalue weighted by Gasteiger charge is 2.46. The van der Waals surface area contributed by atoms with E-state index in [-0.39, 0.29) is 18.9 Å². The van der Waals surface area contributed by atoms with Gasteiger partial charge in [0.25, 0.3) is 0 Å². The van der Waals surface area contributed by atoms with Gasteiger partial charge in [-0.2, -0.15) is 0 Å². The van der Waals surface area contributed by atoms with Crippen LogP contribution in [0.15, 0.2) is 48.5 Å². The Morgan fingerprint density at radius 3 is 2.14 bits per heavy atom. The Kier molecular flexibility index (Phi) is 6.98. The zero-order valence-corrected chi connectivity index (χ0v) is 21.2. The highest BCUT2D eigenvalue weighted by atomic mass is 16.6. The Morgan fingerprint density at radius 1 is 1.00 bits per heavy atom. The van der Waals surface area contributed by atoms with Crippen LogP contribution in [0, 0.1) is 0 Å². The fourth-order valence-electron chi connectivity index (χ4n) is 5.40. The second kappa shape index (κ2) is 9.84. The van der Waals surface area contributed by atoms with Gasteiger partial charge in [0.1, 0.15) is 12.2 Å². The molecule has 2 atom stereocenters. The summed E-state index contributed by atoms with van der Waals surface area (Å²) in [5, 5.41) is 12.4. The summed E-state index contributed by atoms with van der Waals surface area (Å²) in [7, 11) is 0. The molecule has 8 nitrogen and oxygen atoms in total. The molecule has 0 radical (unpaired) electrons. The predicted octanol–water partition coefficient (Wildman–Crippen LogP) is 5.16. The van der Waals surface area contributed by atoms with Gasteiger partial charge < -0.3 is 24.8 Å². The molecule has 192 valence electrons. The van der Waals surface area contributed by atoms with E-state index in [4.69, 9.17) is 9.47 Å². The van der Waals surface area contributed by atoms with Crippen molar-refractivity contribution in [1.82, 2.24) is 10.2 Å². The molecule has 1 saturated heterocycles. The van der Waals surface area contributed by atoms with E-state index in [0.717, 1.165) is 22.3 Å². The van der Waals surface area contributed by atoms with Gasteiger partial charge in [-0.25, -0.2) is 9.59 Å². The number of likely N-dealkylation sites (tertiary alicyclic amines) is 1. The fourth-order valence-corrected chi connectivity index (χ4v) is 5.40. The van der Waals surface area contributed by atoms with Crippen molar-refractivity contribution in [2.24, 2.45) is 0 Å². The van der Waals surface area contributed by atoms with E-state index in [2.05, 4.69) is 17.4 Å². The van der Waals surface area contributed by atoms with Crippen LogP contribution in [0.25, 0.3) is 11.1 Å². The van der Waals surface area contributed by atoms with Crippen LogP contribution in [0.5, 0.6) is 0 Å². The van der Waals surface area contributed by atoms with Crippen LogP contribution in [0.1, 0.15) is 64.0 Å². The number of nitrogens with one attached hydrogen (secondary N) is 1. The number of hydrogen-bond donors (Lipinski definition) is 2. The molecule has 2 N–H and O–H groups in total. The monoisotopic (exact) mass is 494 g/mol. The summed E-state index contributed by atoms with van der Waals surface area (Å²) in [6, 6.07) is 15.6. The molecule has 2 amide bonds. The van der Waals surface area contributed by atoms with Crippen molar-refractivity contribution in [3.05, 3.63) is 59.7 Å². The number of fused-ring (bicyclic) bond motifs is 3. The Bertz CT molecular complexity index is 1110. The van der Waals surface area contributed by atoms with E-state index in [9.17, 15) is 19.5 Å². The van der Waals surface area contributed by atoms with Crippen molar-refractivity contribution in [2.45, 2.75) is 70.1 Å².